The van der Waals surface area contributed by atoms with Crippen LogP contribution in [-0.4, -0.2) is 22.1 Å². The Morgan fingerprint density at radius 1 is 1.38 bits per heavy atom. The molecule has 0 fully saturated rings. The number of allylic oxidation sites excluding steroid dienone is 2. The normalized spacial score (nSPS) is 21.8. The number of nitrogens with zero attached hydrogens (tertiary/aromatic N) is 2. The lowest BCUT2D eigenvalue weighted by Gasteiger charge is -2.30. The average molecular weight is 216 g/mol. The summed E-state index contributed by atoms with van der Waals surface area (Å²) in [4.78, 5) is 4.00. The molecular formula is C12H16N4. The molecule has 4 N–H and O–H groups in total. The van der Waals surface area contributed by atoms with Crippen molar-refractivity contribution in [1.29, 1.82) is 0 Å². The molecule has 2 heterocycles. The van der Waals surface area contributed by atoms with Crippen LogP contribution in [-0.2, 0) is 0 Å². The topological polar surface area (TPSA) is 68.2 Å². The molecule has 0 amide bonds. The van der Waals surface area contributed by atoms with Gasteiger partial charge in [-0.15, -0.1) is 0 Å². The summed E-state index contributed by atoms with van der Waals surface area (Å²) in [5.74, 6) is 5.83. The van der Waals surface area contributed by atoms with E-state index in [4.69, 9.17) is 11.6 Å². The monoisotopic (exact) mass is 216 g/mol. The van der Waals surface area contributed by atoms with Gasteiger partial charge < -0.3 is 10.7 Å². The molecule has 1 aromatic heterocycles. The minimum atomic E-state index is -0.00760. The molecular weight excluding hydrogens is 200 g/mol. The first-order valence-corrected chi connectivity index (χ1v) is 5.27. The van der Waals surface area contributed by atoms with Crippen molar-refractivity contribution in [2.24, 2.45) is 11.6 Å². The summed E-state index contributed by atoms with van der Waals surface area (Å²) >= 11 is 0. The van der Waals surface area contributed by atoms with Crippen molar-refractivity contribution in [1.82, 2.24) is 9.99 Å². The van der Waals surface area contributed by atoms with E-state index in [9.17, 15) is 0 Å². The third-order valence-electron chi connectivity index (χ3n) is 2.67. The van der Waals surface area contributed by atoms with E-state index in [0.717, 1.165) is 11.1 Å². The van der Waals surface area contributed by atoms with Crippen molar-refractivity contribution in [3.8, 4) is 0 Å². The van der Waals surface area contributed by atoms with E-state index in [-0.39, 0.29) is 12.1 Å². The molecule has 2 atom stereocenters. The molecule has 0 bridgehead atoms. The quantitative estimate of drug-likeness (QED) is 0.720. The Hall–Kier alpha value is -1.65. The number of hydrazine groups is 1. The summed E-state index contributed by atoms with van der Waals surface area (Å²) in [5.41, 5.74) is 8.15. The van der Waals surface area contributed by atoms with Gasteiger partial charge in [-0.3, -0.25) is 4.98 Å². The first kappa shape index (κ1) is 10.9. The van der Waals surface area contributed by atoms with Crippen molar-refractivity contribution in [2.45, 2.75) is 19.0 Å². The van der Waals surface area contributed by atoms with Crippen LogP contribution in [0.4, 0.5) is 0 Å². The third-order valence-corrected chi connectivity index (χ3v) is 2.67. The number of hydrogen-bond donors (Lipinski definition) is 2. The van der Waals surface area contributed by atoms with Gasteiger partial charge in [0.15, 0.2) is 0 Å². The van der Waals surface area contributed by atoms with Crippen LogP contribution in [0, 0.1) is 0 Å². The lowest BCUT2D eigenvalue weighted by Crippen LogP contribution is -2.47. The van der Waals surface area contributed by atoms with Crippen molar-refractivity contribution in [3.63, 3.8) is 0 Å². The van der Waals surface area contributed by atoms with Gasteiger partial charge in [0.05, 0.1) is 6.04 Å². The third kappa shape index (κ3) is 2.13. The maximum Gasteiger partial charge on any atom is 0.0783 e. The Kier molecular flexibility index (Phi) is 3.03. The van der Waals surface area contributed by atoms with Crippen molar-refractivity contribution in [2.75, 3.05) is 0 Å². The molecule has 4 nitrogen and oxygen atoms in total. The van der Waals surface area contributed by atoms with E-state index in [0.29, 0.717) is 0 Å². The van der Waals surface area contributed by atoms with E-state index < -0.39 is 0 Å². The highest BCUT2D eigenvalue weighted by Gasteiger charge is 2.18. The van der Waals surface area contributed by atoms with Gasteiger partial charge in [-0.2, -0.15) is 0 Å². The summed E-state index contributed by atoms with van der Waals surface area (Å²) < 4.78 is 0. The minimum Gasteiger partial charge on any atom is -0.326 e. The van der Waals surface area contributed by atoms with E-state index >= 15 is 0 Å². The van der Waals surface area contributed by atoms with Crippen LogP contribution < -0.4 is 11.6 Å². The van der Waals surface area contributed by atoms with Gasteiger partial charge >= 0.3 is 0 Å². The number of aromatic nitrogens is 1. The van der Waals surface area contributed by atoms with Crippen LogP contribution in [0.3, 0.4) is 0 Å². The average Bonchev–Trinajstić information content (AvgIpc) is 2.30. The summed E-state index contributed by atoms with van der Waals surface area (Å²) in [6, 6.07) is 3.97. The number of hydrogen-bond acceptors (Lipinski definition) is 4. The van der Waals surface area contributed by atoms with Crippen LogP contribution >= 0.6 is 0 Å². The van der Waals surface area contributed by atoms with Gasteiger partial charge in [-0.05, 0) is 36.3 Å². The SMILES string of the molecule is CC(N)C1C=C(c2ccncc2)C=CN1N. The molecule has 0 radical (unpaired) electrons. The fourth-order valence-electron chi connectivity index (χ4n) is 1.75. The molecule has 1 aromatic rings. The number of pyridine rings is 1. The smallest absolute Gasteiger partial charge is 0.0783 e. The molecule has 4 heteroatoms. The summed E-state index contributed by atoms with van der Waals surface area (Å²) in [6.07, 6.45) is 9.47. The van der Waals surface area contributed by atoms with Crippen LogP contribution in [0.25, 0.3) is 5.57 Å². The lowest BCUT2D eigenvalue weighted by molar-refractivity contribution is 0.297. The molecule has 84 valence electrons. The van der Waals surface area contributed by atoms with Gasteiger partial charge in [0.25, 0.3) is 0 Å². The molecule has 0 aliphatic carbocycles. The second-order valence-corrected chi connectivity index (χ2v) is 3.97. The van der Waals surface area contributed by atoms with Gasteiger partial charge in [0, 0.05) is 24.6 Å². The summed E-state index contributed by atoms with van der Waals surface area (Å²) in [7, 11) is 0. The predicted octanol–water partition coefficient (Wildman–Crippen LogP) is 0.884. The second-order valence-electron chi connectivity index (χ2n) is 3.97. The minimum absolute atomic E-state index is 0.00760. The van der Waals surface area contributed by atoms with Crippen LogP contribution in [0.15, 0.2) is 42.9 Å². The van der Waals surface area contributed by atoms with Gasteiger partial charge in [0.1, 0.15) is 0 Å². The van der Waals surface area contributed by atoms with Gasteiger partial charge in [0.2, 0.25) is 0 Å². The van der Waals surface area contributed by atoms with Crippen molar-refractivity contribution in [3.05, 3.63) is 48.4 Å². The molecule has 1 aliphatic heterocycles. The largest absolute Gasteiger partial charge is 0.326 e. The van der Waals surface area contributed by atoms with E-state index in [1.165, 1.54) is 0 Å². The standard InChI is InChI=1S/C12H16N4/c1-9(13)12-8-11(4-7-16(12)14)10-2-5-15-6-3-10/h2-9,12H,13-14H2,1H3. The summed E-state index contributed by atoms with van der Waals surface area (Å²) in [6.45, 7) is 1.95. The van der Waals surface area contributed by atoms with Gasteiger partial charge in [-0.25, -0.2) is 5.84 Å². The Bertz CT molecular complexity index is 408. The van der Waals surface area contributed by atoms with E-state index in [2.05, 4.69) is 11.1 Å². The molecule has 0 aromatic carbocycles. The van der Waals surface area contributed by atoms with Crippen molar-refractivity contribution >= 4 is 5.57 Å². The van der Waals surface area contributed by atoms with Crippen LogP contribution in [0.1, 0.15) is 12.5 Å². The fraction of sp³-hybridized carbons (Fsp3) is 0.250. The zero-order chi connectivity index (χ0) is 11.5. The Morgan fingerprint density at radius 2 is 2.06 bits per heavy atom. The van der Waals surface area contributed by atoms with Crippen LogP contribution in [0.2, 0.25) is 0 Å². The van der Waals surface area contributed by atoms with Crippen LogP contribution in [0.5, 0.6) is 0 Å². The maximum absolute atomic E-state index is 5.89. The fourth-order valence-corrected chi connectivity index (χ4v) is 1.75. The maximum atomic E-state index is 5.89. The molecule has 2 unspecified atom stereocenters. The number of rotatable bonds is 2. The highest BCUT2D eigenvalue weighted by molar-refractivity contribution is 5.75. The van der Waals surface area contributed by atoms with E-state index in [1.54, 1.807) is 17.4 Å². The van der Waals surface area contributed by atoms with E-state index in [1.807, 2.05) is 31.3 Å². The second kappa shape index (κ2) is 4.47. The Balaban J connectivity index is 2.30. The molecule has 16 heavy (non-hydrogen) atoms. The first-order valence-electron chi connectivity index (χ1n) is 5.27. The molecule has 2 rings (SSSR count). The Morgan fingerprint density at radius 3 is 2.69 bits per heavy atom. The zero-order valence-electron chi connectivity index (χ0n) is 9.25. The predicted molar refractivity (Wildman–Crippen MR) is 64.8 cm³/mol. The molecule has 0 saturated carbocycles. The number of nitrogens with two attached hydrogens (primary N) is 2. The highest BCUT2D eigenvalue weighted by atomic mass is 15.4. The molecule has 1 aliphatic rings. The highest BCUT2D eigenvalue weighted by Crippen LogP contribution is 2.21. The zero-order valence-corrected chi connectivity index (χ0v) is 9.25. The van der Waals surface area contributed by atoms with Gasteiger partial charge in [-0.1, -0.05) is 6.08 Å². The first-order chi connectivity index (χ1) is 7.68. The summed E-state index contributed by atoms with van der Waals surface area (Å²) in [5, 5.41) is 1.63. The lowest BCUT2D eigenvalue weighted by atomic mass is 9.99. The Labute approximate surface area is 95.2 Å². The van der Waals surface area contributed by atoms with Crippen molar-refractivity contribution < 1.29 is 0 Å². The molecule has 0 spiro atoms. The molecule has 0 saturated heterocycles.